The molecule has 7 heteroatoms. The minimum absolute atomic E-state index is 0.105. The van der Waals surface area contributed by atoms with Crippen LogP contribution in [0.15, 0.2) is 0 Å². The first-order chi connectivity index (χ1) is 9.32. The third kappa shape index (κ3) is 4.75. The van der Waals surface area contributed by atoms with Crippen LogP contribution in [0.5, 0.6) is 0 Å². The quantitative estimate of drug-likeness (QED) is 0.791. The molecule has 0 aliphatic heterocycles. The van der Waals surface area contributed by atoms with E-state index in [0.717, 1.165) is 30.9 Å². The predicted molar refractivity (Wildman–Crippen MR) is 83.2 cm³/mol. The van der Waals surface area contributed by atoms with Gasteiger partial charge in [0.2, 0.25) is 0 Å². The lowest BCUT2D eigenvalue weighted by Crippen LogP contribution is -2.37. The summed E-state index contributed by atoms with van der Waals surface area (Å²) in [6, 6.07) is -0.140. The van der Waals surface area contributed by atoms with Crippen LogP contribution in [0, 0.1) is 0 Å². The molecular formula is C13H24ClN3O2S. The summed E-state index contributed by atoms with van der Waals surface area (Å²) in [5.74, 6) is 0.105. The zero-order valence-electron chi connectivity index (χ0n) is 12.6. The van der Waals surface area contributed by atoms with Gasteiger partial charge in [-0.3, -0.25) is 4.68 Å². The van der Waals surface area contributed by atoms with Crippen LogP contribution < -0.4 is 5.32 Å². The van der Waals surface area contributed by atoms with Crippen molar-refractivity contribution in [1.82, 2.24) is 15.1 Å². The van der Waals surface area contributed by atoms with E-state index in [9.17, 15) is 8.42 Å². The topological polar surface area (TPSA) is 64.0 Å². The SMILES string of the molecule is CCNC(Cc1c(Cl)c(CC)nn1CC)CS(C)(=O)=O. The zero-order chi connectivity index (χ0) is 15.3. The molecule has 0 spiro atoms. The Bertz CT molecular complexity index is 540. The highest BCUT2D eigenvalue weighted by molar-refractivity contribution is 7.90. The molecule has 1 N–H and O–H groups in total. The van der Waals surface area contributed by atoms with Crippen molar-refractivity contribution in [3.63, 3.8) is 0 Å². The number of likely N-dealkylation sites (N-methyl/N-ethyl adjacent to an activating group) is 1. The van der Waals surface area contributed by atoms with Crippen LogP contribution in [0.2, 0.25) is 5.02 Å². The second-order valence-electron chi connectivity index (χ2n) is 4.93. The van der Waals surface area contributed by atoms with Gasteiger partial charge in [0.15, 0.2) is 0 Å². The Morgan fingerprint density at radius 3 is 2.45 bits per heavy atom. The van der Waals surface area contributed by atoms with E-state index in [1.807, 2.05) is 25.5 Å². The van der Waals surface area contributed by atoms with Gasteiger partial charge in [0, 0.05) is 25.3 Å². The smallest absolute Gasteiger partial charge is 0.148 e. The number of aromatic nitrogens is 2. The Kier molecular flexibility index (Phi) is 6.48. The Hall–Kier alpha value is -0.590. The molecule has 0 fully saturated rings. The van der Waals surface area contributed by atoms with E-state index in [2.05, 4.69) is 10.4 Å². The molecule has 1 aromatic rings. The molecule has 0 aliphatic carbocycles. The standard InChI is InChI=1S/C13H24ClN3O2S/c1-5-11-13(14)12(17(7-3)16-11)8-10(15-6-2)9-20(4,18)19/h10,15H,5-9H2,1-4H3. The molecule has 5 nitrogen and oxygen atoms in total. The number of halogens is 1. The first kappa shape index (κ1) is 17.5. The first-order valence-electron chi connectivity index (χ1n) is 6.97. The number of nitrogens with one attached hydrogen (secondary N) is 1. The van der Waals surface area contributed by atoms with Crippen molar-refractivity contribution in [2.45, 2.75) is 46.2 Å². The average molecular weight is 322 g/mol. The van der Waals surface area contributed by atoms with Crippen molar-refractivity contribution in [3.8, 4) is 0 Å². The van der Waals surface area contributed by atoms with E-state index in [1.54, 1.807) is 0 Å². The van der Waals surface area contributed by atoms with Gasteiger partial charge in [-0.25, -0.2) is 8.42 Å². The molecule has 0 saturated carbocycles. The van der Waals surface area contributed by atoms with Gasteiger partial charge in [-0.1, -0.05) is 25.4 Å². The van der Waals surface area contributed by atoms with E-state index < -0.39 is 9.84 Å². The summed E-state index contributed by atoms with van der Waals surface area (Å²) in [7, 11) is -3.03. The van der Waals surface area contributed by atoms with Gasteiger partial charge < -0.3 is 5.32 Å². The summed E-state index contributed by atoms with van der Waals surface area (Å²) in [5, 5.41) is 8.35. The summed E-state index contributed by atoms with van der Waals surface area (Å²) in [5.41, 5.74) is 1.79. The molecule has 1 unspecified atom stereocenters. The lowest BCUT2D eigenvalue weighted by atomic mass is 10.1. The maximum atomic E-state index is 11.5. The van der Waals surface area contributed by atoms with Crippen LogP contribution >= 0.6 is 11.6 Å². The molecule has 0 bridgehead atoms. The molecule has 0 radical (unpaired) electrons. The van der Waals surface area contributed by atoms with Gasteiger partial charge in [-0.15, -0.1) is 0 Å². The lowest BCUT2D eigenvalue weighted by molar-refractivity contribution is 0.519. The maximum absolute atomic E-state index is 11.5. The fourth-order valence-corrected chi connectivity index (χ4v) is 3.60. The number of rotatable bonds is 8. The molecular weight excluding hydrogens is 298 g/mol. The fraction of sp³-hybridized carbons (Fsp3) is 0.769. The molecule has 1 rings (SSSR count). The second kappa shape index (κ2) is 7.43. The van der Waals surface area contributed by atoms with Crippen molar-refractivity contribution >= 4 is 21.4 Å². The van der Waals surface area contributed by atoms with E-state index >= 15 is 0 Å². The summed E-state index contributed by atoms with van der Waals surface area (Å²) in [6.07, 6.45) is 2.60. The van der Waals surface area contributed by atoms with Crippen LogP contribution in [0.25, 0.3) is 0 Å². The number of aryl methyl sites for hydroxylation is 2. The van der Waals surface area contributed by atoms with Gasteiger partial charge in [-0.05, 0) is 19.9 Å². The number of hydrogen-bond acceptors (Lipinski definition) is 4. The largest absolute Gasteiger partial charge is 0.313 e. The van der Waals surface area contributed by atoms with Gasteiger partial charge in [0.05, 0.1) is 22.2 Å². The molecule has 1 atom stereocenters. The molecule has 1 aromatic heterocycles. The lowest BCUT2D eigenvalue weighted by Gasteiger charge is -2.17. The summed E-state index contributed by atoms with van der Waals surface area (Å²) >= 11 is 6.36. The molecule has 1 heterocycles. The Morgan fingerprint density at radius 2 is 2.00 bits per heavy atom. The van der Waals surface area contributed by atoms with Gasteiger partial charge in [-0.2, -0.15) is 5.10 Å². The van der Waals surface area contributed by atoms with Crippen molar-refractivity contribution in [2.75, 3.05) is 18.6 Å². The monoisotopic (exact) mass is 321 g/mol. The Morgan fingerprint density at radius 1 is 1.35 bits per heavy atom. The van der Waals surface area contributed by atoms with E-state index in [1.165, 1.54) is 6.26 Å². The van der Waals surface area contributed by atoms with Crippen LogP contribution in [0.1, 0.15) is 32.2 Å². The van der Waals surface area contributed by atoms with Gasteiger partial charge in [0.25, 0.3) is 0 Å². The highest BCUT2D eigenvalue weighted by Gasteiger charge is 2.21. The highest BCUT2D eigenvalue weighted by atomic mass is 35.5. The van der Waals surface area contributed by atoms with E-state index in [4.69, 9.17) is 11.6 Å². The van der Waals surface area contributed by atoms with Crippen molar-refractivity contribution in [1.29, 1.82) is 0 Å². The summed E-state index contributed by atoms with van der Waals surface area (Å²) < 4.78 is 24.9. The first-order valence-corrected chi connectivity index (χ1v) is 9.41. The van der Waals surface area contributed by atoms with Crippen molar-refractivity contribution in [2.24, 2.45) is 0 Å². The molecule has 0 aromatic carbocycles. The van der Waals surface area contributed by atoms with Crippen LogP contribution in [0.3, 0.4) is 0 Å². The number of sulfone groups is 1. The Labute approximate surface area is 126 Å². The van der Waals surface area contributed by atoms with E-state index in [0.29, 0.717) is 11.4 Å². The number of nitrogens with zero attached hydrogens (tertiary/aromatic N) is 2. The summed E-state index contributed by atoms with van der Waals surface area (Å²) in [6.45, 7) is 7.43. The maximum Gasteiger partial charge on any atom is 0.148 e. The van der Waals surface area contributed by atoms with Crippen molar-refractivity contribution < 1.29 is 8.42 Å². The molecule has 0 saturated heterocycles. The second-order valence-corrected chi connectivity index (χ2v) is 7.49. The minimum atomic E-state index is -3.03. The molecule has 0 aliphatic rings. The summed E-state index contributed by atoms with van der Waals surface area (Å²) in [4.78, 5) is 0. The third-order valence-corrected chi connectivity index (χ3v) is 4.57. The van der Waals surface area contributed by atoms with Crippen LogP contribution in [0.4, 0.5) is 0 Å². The minimum Gasteiger partial charge on any atom is -0.313 e. The highest BCUT2D eigenvalue weighted by Crippen LogP contribution is 2.23. The molecule has 20 heavy (non-hydrogen) atoms. The zero-order valence-corrected chi connectivity index (χ0v) is 14.2. The Balaban J connectivity index is 3.01. The molecule has 0 amide bonds. The van der Waals surface area contributed by atoms with E-state index in [-0.39, 0.29) is 11.8 Å². The number of hydrogen-bond donors (Lipinski definition) is 1. The predicted octanol–water partition coefficient (Wildman–Crippen LogP) is 1.68. The van der Waals surface area contributed by atoms with Crippen LogP contribution in [-0.2, 0) is 29.2 Å². The van der Waals surface area contributed by atoms with Crippen LogP contribution in [-0.4, -0.2) is 42.8 Å². The molecule has 116 valence electrons. The van der Waals surface area contributed by atoms with Crippen molar-refractivity contribution in [3.05, 3.63) is 16.4 Å². The average Bonchev–Trinajstić information content (AvgIpc) is 2.64. The van der Waals surface area contributed by atoms with Gasteiger partial charge >= 0.3 is 0 Å². The normalized spacial score (nSPS) is 13.7. The van der Waals surface area contributed by atoms with Gasteiger partial charge in [0.1, 0.15) is 9.84 Å². The third-order valence-electron chi connectivity index (χ3n) is 3.13. The fourth-order valence-electron chi connectivity index (χ4n) is 2.29.